The Hall–Kier alpha value is -2.86. The summed E-state index contributed by atoms with van der Waals surface area (Å²) in [7, 11) is 0. The lowest BCUT2D eigenvalue weighted by Gasteiger charge is -2.15. The Morgan fingerprint density at radius 3 is 2.67 bits per heavy atom. The highest BCUT2D eigenvalue weighted by Gasteiger charge is 2.13. The number of nitrogens with one attached hydrogen (secondary N) is 1. The smallest absolute Gasteiger partial charge is 0.316 e. The summed E-state index contributed by atoms with van der Waals surface area (Å²) in [5, 5.41) is 4.70. The quantitative estimate of drug-likeness (QED) is 0.392. The molecule has 0 radical (unpaired) electrons. The molecule has 2 aromatic carbocycles. The van der Waals surface area contributed by atoms with Crippen LogP contribution in [0.3, 0.4) is 0 Å². The second kappa shape index (κ2) is 10.3. The van der Waals surface area contributed by atoms with E-state index in [-0.39, 0.29) is 18.3 Å². The first-order valence-corrected chi connectivity index (χ1v) is 11.0. The van der Waals surface area contributed by atoms with Crippen LogP contribution < -0.4 is 5.32 Å². The Labute approximate surface area is 181 Å². The number of fused-ring (bicyclic) bond motifs is 1. The van der Waals surface area contributed by atoms with Gasteiger partial charge in [0.15, 0.2) is 6.61 Å². The van der Waals surface area contributed by atoms with Crippen LogP contribution in [-0.2, 0) is 14.3 Å². The van der Waals surface area contributed by atoms with Gasteiger partial charge in [0.25, 0.3) is 5.91 Å². The van der Waals surface area contributed by atoms with Crippen molar-refractivity contribution in [2.45, 2.75) is 38.1 Å². The number of anilines is 1. The monoisotopic (exact) mass is 422 g/mol. The molecule has 0 saturated heterocycles. The van der Waals surface area contributed by atoms with Gasteiger partial charge in [-0.05, 0) is 48.6 Å². The first kappa shape index (κ1) is 21.8. The van der Waals surface area contributed by atoms with Gasteiger partial charge in [-0.15, -0.1) is 0 Å². The number of hydrogen-bond donors (Lipinski definition) is 1. The number of rotatable bonds is 8. The van der Waals surface area contributed by atoms with Gasteiger partial charge in [0.2, 0.25) is 0 Å². The zero-order valence-corrected chi connectivity index (χ0v) is 18.3. The highest BCUT2D eigenvalue weighted by molar-refractivity contribution is 7.99. The Morgan fingerprint density at radius 2 is 1.87 bits per heavy atom. The van der Waals surface area contributed by atoms with Gasteiger partial charge in [0, 0.05) is 11.1 Å². The van der Waals surface area contributed by atoms with Crippen molar-refractivity contribution in [3.63, 3.8) is 0 Å². The molecule has 156 valence electrons. The minimum absolute atomic E-state index is 0.0987. The Kier molecular flexibility index (Phi) is 7.46. The SMILES string of the molecule is CC[C@H](C)c1ccccc1NC(=O)COC(=O)CSc1cc(C)c2ccccc2n1. The molecule has 1 aromatic heterocycles. The lowest BCUT2D eigenvalue weighted by Crippen LogP contribution is -2.22. The molecule has 1 atom stereocenters. The first-order chi connectivity index (χ1) is 14.5. The van der Waals surface area contributed by atoms with Crippen LogP contribution in [0.5, 0.6) is 0 Å². The molecule has 0 fully saturated rings. The van der Waals surface area contributed by atoms with Crippen LogP contribution in [0, 0.1) is 6.92 Å². The summed E-state index contributed by atoms with van der Waals surface area (Å²) in [4.78, 5) is 28.9. The Balaban J connectivity index is 1.51. The van der Waals surface area contributed by atoms with Gasteiger partial charge in [-0.3, -0.25) is 9.59 Å². The molecule has 1 N–H and O–H groups in total. The van der Waals surface area contributed by atoms with Gasteiger partial charge in [-0.1, -0.05) is 62.0 Å². The van der Waals surface area contributed by atoms with E-state index in [2.05, 4.69) is 24.1 Å². The van der Waals surface area contributed by atoms with Crippen molar-refractivity contribution in [1.82, 2.24) is 4.98 Å². The van der Waals surface area contributed by atoms with Crippen LogP contribution >= 0.6 is 11.8 Å². The summed E-state index contributed by atoms with van der Waals surface area (Å²) < 4.78 is 5.14. The Bertz CT molecular complexity index is 1050. The second-order valence-corrected chi connectivity index (χ2v) is 8.18. The van der Waals surface area contributed by atoms with Gasteiger partial charge >= 0.3 is 5.97 Å². The predicted octanol–water partition coefficient (Wildman–Crippen LogP) is 5.33. The number of para-hydroxylation sites is 2. The van der Waals surface area contributed by atoms with Gasteiger partial charge in [0.1, 0.15) is 0 Å². The molecule has 0 spiro atoms. The van der Waals surface area contributed by atoms with Crippen LogP contribution in [0.2, 0.25) is 0 Å². The number of nitrogens with zero attached hydrogens (tertiary/aromatic N) is 1. The number of amides is 1. The average molecular weight is 423 g/mol. The van der Waals surface area contributed by atoms with Crippen LogP contribution in [0.25, 0.3) is 10.9 Å². The average Bonchev–Trinajstić information content (AvgIpc) is 2.76. The van der Waals surface area contributed by atoms with Crippen LogP contribution in [0.15, 0.2) is 59.6 Å². The van der Waals surface area contributed by atoms with E-state index in [0.717, 1.165) is 39.2 Å². The molecule has 30 heavy (non-hydrogen) atoms. The van der Waals surface area contributed by atoms with Gasteiger partial charge < -0.3 is 10.1 Å². The summed E-state index contributed by atoms with van der Waals surface area (Å²) in [5.74, 6) is -0.360. The highest BCUT2D eigenvalue weighted by atomic mass is 32.2. The summed E-state index contributed by atoms with van der Waals surface area (Å²) in [6.45, 7) is 5.94. The zero-order chi connectivity index (χ0) is 21.5. The molecule has 0 aliphatic carbocycles. The number of hydrogen-bond acceptors (Lipinski definition) is 5. The first-order valence-electron chi connectivity index (χ1n) is 10.0. The number of carbonyl (C=O) groups excluding carboxylic acids is 2. The van der Waals surface area contributed by atoms with Crippen molar-refractivity contribution >= 4 is 40.2 Å². The van der Waals surface area contributed by atoms with Crippen molar-refractivity contribution in [3.8, 4) is 0 Å². The van der Waals surface area contributed by atoms with E-state index in [0.29, 0.717) is 5.92 Å². The molecule has 0 aliphatic rings. The topological polar surface area (TPSA) is 68.3 Å². The van der Waals surface area contributed by atoms with Crippen LogP contribution in [0.4, 0.5) is 5.69 Å². The minimum Gasteiger partial charge on any atom is -0.455 e. The van der Waals surface area contributed by atoms with Gasteiger partial charge in [0.05, 0.1) is 16.3 Å². The van der Waals surface area contributed by atoms with Crippen molar-refractivity contribution in [3.05, 3.63) is 65.7 Å². The van der Waals surface area contributed by atoms with E-state index in [4.69, 9.17) is 4.74 Å². The van der Waals surface area contributed by atoms with E-state index in [1.165, 1.54) is 11.8 Å². The summed E-state index contributed by atoms with van der Waals surface area (Å²) in [5.41, 5.74) is 3.84. The fourth-order valence-electron chi connectivity index (χ4n) is 3.16. The number of pyridine rings is 1. The molecule has 0 aliphatic heterocycles. The largest absolute Gasteiger partial charge is 0.455 e. The number of aromatic nitrogens is 1. The third kappa shape index (κ3) is 5.60. The molecule has 6 heteroatoms. The van der Waals surface area contributed by atoms with Crippen molar-refractivity contribution in [1.29, 1.82) is 0 Å². The van der Waals surface area contributed by atoms with Crippen LogP contribution in [-0.4, -0.2) is 29.2 Å². The predicted molar refractivity (Wildman–Crippen MR) is 122 cm³/mol. The molecule has 3 rings (SSSR count). The van der Waals surface area contributed by atoms with E-state index >= 15 is 0 Å². The molecular formula is C24H26N2O3S. The number of ether oxygens (including phenoxy) is 1. The molecule has 0 unspecified atom stereocenters. The fourth-order valence-corrected chi connectivity index (χ4v) is 3.93. The highest BCUT2D eigenvalue weighted by Crippen LogP contribution is 2.26. The third-order valence-corrected chi connectivity index (χ3v) is 5.86. The van der Waals surface area contributed by atoms with Gasteiger partial charge in [-0.25, -0.2) is 4.98 Å². The summed E-state index contributed by atoms with van der Waals surface area (Å²) in [6, 6.07) is 17.6. The summed E-state index contributed by atoms with van der Waals surface area (Å²) in [6.07, 6.45) is 0.974. The molecular weight excluding hydrogens is 396 g/mol. The molecule has 1 amide bonds. The fraction of sp³-hybridized carbons (Fsp3) is 0.292. The number of esters is 1. The van der Waals surface area contributed by atoms with Crippen LogP contribution in [0.1, 0.15) is 37.3 Å². The number of benzene rings is 2. The zero-order valence-electron chi connectivity index (χ0n) is 17.5. The summed E-state index contributed by atoms with van der Waals surface area (Å²) >= 11 is 1.31. The van der Waals surface area contributed by atoms with Crippen molar-refractivity contribution in [2.24, 2.45) is 0 Å². The van der Waals surface area contributed by atoms with E-state index in [1.807, 2.05) is 61.5 Å². The van der Waals surface area contributed by atoms with Crippen molar-refractivity contribution in [2.75, 3.05) is 17.7 Å². The van der Waals surface area contributed by atoms with Gasteiger partial charge in [-0.2, -0.15) is 0 Å². The molecule has 3 aromatic rings. The number of carbonyl (C=O) groups is 2. The van der Waals surface area contributed by atoms with E-state index in [1.54, 1.807) is 0 Å². The third-order valence-electron chi connectivity index (χ3n) is 4.98. The second-order valence-electron chi connectivity index (χ2n) is 7.19. The van der Waals surface area contributed by atoms with Crippen molar-refractivity contribution < 1.29 is 14.3 Å². The lowest BCUT2D eigenvalue weighted by molar-refractivity contribution is -0.144. The number of aryl methyl sites for hydroxylation is 1. The standard InChI is InChI=1S/C24H26N2O3S/c1-4-16(2)18-9-5-7-11-20(18)25-22(27)14-29-24(28)15-30-23-13-17(3)19-10-6-8-12-21(19)26-23/h5-13,16H,4,14-15H2,1-3H3,(H,25,27)/t16-/m0/s1. The molecule has 0 saturated carbocycles. The maximum absolute atomic E-state index is 12.2. The van der Waals surface area contributed by atoms with E-state index < -0.39 is 5.97 Å². The number of thioether (sulfide) groups is 1. The molecule has 0 bridgehead atoms. The maximum Gasteiger partial charge on any atom is 0.316 e. The normalized spacial score (nSPS) is 11.8. The Morgan fingerprint density at radius 1 is 1.13 bits per heavy atom. The minimum atomic E-state index is -0.446. The van der Waals surface area contributed by atoms with E-state index in [9.17, 15) is 9.59 Å². The lowest BCUT2D eigenvalue weighted by atomic mass is 9.97. The molecule has 5 nitrogen and oxygen atoms in total. The maximum atomic E-state index is 12.2. The molecule has 1 heterocycles.